The molecule has 1 aliphatic rings. The van der Waals surface area contributed by atoms with Crippen LogP contribution in [0.15, 0.2) is 0 Å². The number of alkyl halides is 1. The zero-order valence-corrected chi connectivity index (χ0v) is 9.96. The average molecular weight is 284 g/mol. The fourth-order valence-electron chi connectivity index (χ4n) is 1.75. The van der Waals surface area contributed by atoms with Gasteiger partial charge >= 0.3 is 0 Å². The monoisotopic (exact) mass is 284 g/mol. The van der Waals surface area contributed by atoms with Gasteiger partial charge < -0.3 is 9.47 Å². The molecular formula is C9H17IO2. The first-order chi connectivity index (χ1) is 5.76. The summed E-state index contributed by atoms with van der Waals surface area (Å²) in [5.41, 5.74) is 0.310. The second kappa shape index (κ2) is 4.77. The zero-order chi connectivity index (χ0) is 9.03. The van der Waals surface area contributed by atoms with Crippen molar-refractivity contribution < 1.29 is 9.47 Å². The van der Waals surface area contributed by atoms with Crippen molar-refractivity contribution in [3.8, 4) is 0 Å². The largest absolute Gasteiger partial charge is 0.384 e. The molecule has 72 valence electrons. The van der Waals surface area contributed by atoms with Crippen LogP contribution < -0.4 is 0 Å². The molecule has 0 aromatic heterocycles. The Morgan fingerprint density at radius 1 is 1.67 bits per heavy atom. The molecule has 0 aromatic carbocycles. The lowest BCUT2D eigenvalue weighted by Gasteiger charge is -2.24. The van der Waals surface area contributed by atoms with Gasteiger partial charge in [-0.1, -0.05) is 29.5 Å². The number of hydrogen-bond donors (Lipinski definition) is 0. The van der Waals surface area contributed by atoms with Gasteiger partial charge in [0.05, 0.1) is 19.3 Å². The van der Waals surface area contributed by atoms with Crippen LogP contribution in [0, 0.1) is 5.41 Å². The van der Waals surface area contributed by atoms with Crippen molar-refractivity contribution >= 4 is 22.6 Å². The fourth-order valence-corrected chi connectivity index (χ4v) is 2.32. The fraction of sp³-hybridized carbons (Fsp3) is 1.00. The maximum atomic E-state index is 5.67. The zero-order valence-electron chi connectivity index (χ0n) is 7.81. The second-order valence-corrected chi connectivity index (χ2v) is 4.46. The first-order valence-electron chi connectivity index (χ1n) is 4.43. The summed E-state index contributed by atoms with van der Waals surface area (Å²) in [6, 6.07) is 0. The Labute approximate surface area is 88.1 Å². The SMILES string of the molecule is CCC1(COC)COC(CI)C1. The van der Waals surface area contributed by atoms with Gasteiger partial charge in [-0.05, 0) is 12.8 Å². The van der Waals surface area contributed by atoms with Gasteiger partial charge in [-0.15, -0.1) is 0 Å². The van der Waals surface area contributed by atoms with Gasteiger partial charge in [0.1, 0.15) is 0 Å². The summed E-state index contributed by atoms with van der Waals surface area (Å²) in [5, 5.41) is 0. The summed E-state index contributed by atoms with van der Waals surface area (Å²) in [5.74, 6) is 0. The summed E-state index contributed by atoms with van der Waals surface area (Å²) in [7, 11) is 1.77. The highest BCUT2D eigenvalue weighted by atomic mass is 127. The Bertz CT molecular complexity index is 140. The van der Waals surface area contributed by atoms with E-state index >= 15 is 0 Å². The molecular weight excluding hydrogens is 267 g/mol. The maximum Gasteiger partial charge on any atom is 0.0671 e. The van der Waals surface area contributed by atoms with Gasteiger partial charge in [-0.3, -0.25) is 0 Å². The molecule has 1 fully saturated rings. The molecule has 2 atom stereocenters. The van der Waals surface area contributed by atoms with E-state index in [1.807, 2.05) is 0 Å². The number of halogens is 1. The minimum Gasteiger partial charge on any atom is -0.384 e. The van der Waals surface area contributed by atoms with E-state index in [-0.39, 0.29) is 0 Å². The van der Waals surface area contributed by atoms with E-state index in [2.05, 4.69) is 29.5 Å². The quantitative estimate of drug-likeness (QED) is 0.582. The Morgan fingerprint density at radius 2 is 2.42 bits per heavy atom. The van der Waals surface area contributed by atoms with Gasteiger partial charge in [0.15, 0.2) is 0 Å². The first kappa shape index (κ1) is 10.7. The third kappa shape index (κ3) is 2.33. The van der Waals surface area contributed by atoms with Gasteiger partial charge in [-0.2, -0.15) is 0 Å². The van der Waals surface area contributed by atoms with Crippen molar-refractivity contribution in [2.75, 3.05) is 24.8 Å². The van der Waals surface area contributed by atoms with Crippen LogP contribution in [0.2, 0.25) is 0 Å². The van der Waals surface area contributed by atoms with Crippen LogP contribution in [0.1, 0.15) is 19.8 Å². The summed E-state index contributed by atoms with van der Waals surface area (Å²) < 4.78 is 12.0. The van der Waals surface area contributed by atoms with Crippen LogP contribution >= 0.6 is 22.6 Å². The van der Waals surface area contributed by atoms with Gasteiger partial charge in [0.2, 0.25) is 0 Å². The molecule has 0 saturated carbocycles. The molecule has 12 heavy (non-hydrogen) atoms. The van der Waals surface area contributed by atoms with Gasteiger partial charge in [-0.25, -0.2) is 0 Å². The van der Waals surface area contributed by atoms with E-state index in [4.69, 9.17) is 9.47 Å². The van der Waals surface area contributed by atoms with Gasteiger partial charge in [0.25, 0.3) is 0 Å². The van der Waals surface area contributed by atoms with Crippen molar-refractivity contribution in [2.45, 2.75) is 25.9 Å². The van der Waals surface area contributed by atoms with Crippen molar-refractivity contribution in [1.29, 1.82) is 0 Å². The molecule has 0 radical (unpaired) electrons. The van der Waals surface area contributed by atoms with E-state index in [0.717, 1.165) is 24.1 Å². The summed E-state index contributed by atoms with van der Waals surface area (Å²) in [6.07, 6.45) is 2.79. The van der Waals surface area contributed by atoms with Crippen LogP contribution in [0.5, 0.6) is 0 Å². The van der Waals surface area contributed by atoms with Crippen molar-refractivity contribution in [1.82, 2.24) is 0 Å². The van der Waals surface area contributed by atoms with Gasteiger partial charge in [0, 0.05) is 17.0 Å². The molecule has 3 heteroatoms. The first-order valence-corrected chi connectivity index (χ1v) is 5.95. The third-order valence-electron chi connectivity index (χ3n) is 2.66. The van der Waals surface area contributed by atoms with E-state index in [1.165, 1.54) is 6.42 Å². The predicted octanol–water partition coefficient (Wildman–Crippen LogP) is 2.25. The maximum absolute atomic E-state index is 5.67. The smallest absolute Gasteiger partial charge is 0.0671 e. The van der Waals surface area contributed by atoms with Crippen LogP contribution in [0.4, 0.5) is 0 Å². The van der Waals surface area contributed by atoms with Crippen molar-refractivity contribution in [2.24, 2.45) is 5.41 Å². The lowest BCUT2D eigenvalue weighted by molar-refractivity contribution is 0.0542. The average Bonchev–Trinajstić information content (AvgIpc) is 2.50. The Morgan fingerprint density at radius 3 is 2.83 bits per heavy atom. The summed E-state index contributed by atoms with van der Waals surface area (Å²) in [4.78, 5) is 0. The topological polar surface area (TPSA) is 18.5 Å². The standard InChI is InChI=1S/C9H17IO2/c1-3-9(6-11-2)4-8(5-10)12-7-9/h8H,3-7H2,1-2H3. The minimum absolute atomic E-state index is 0.310. The highest BCUT2D eigenvalue weighted by Gasteiger charge is 2.38. The number of ether oxygens (including phenoxy) is 2. The summed E-state index contributed by atoms with van der Waals surface area (Å²) >= 11 is 2.39. The molecule has 2 nitrogen and oxygen atoms in total. The van der Waals surface area contributed by atoms with Crippen molar-refractivity contribution in [3.63, 3.8) is 0 Å². The predicted molar refractivity (Wildman–Crippen MR) is 57.8 cm³/mol. The molecule has 1 rings (SSSR count). The molecule has 0 bridgehead atoms. The van der Waals surface area contributed by atoms with E-state index in [9.17, 15) is 0 Å². The molecule has 0 spiro atoms. The number of hydrogen-bond acceptors (Lipinski definition) is 2. The highest BCUT2D eigenvalue weighted by molar-refractivity contribution is 14.1. The molecule has 1 heterocycles. The lowest BCUT2D eigenvalue weighted by atomic mass is 9.84. The minimum atomic E-state index is 0.310. The van der Waals surface area contributed by atoms with Crippen LogP contribution in [0.25, 0.3) is 0 Å². The number of methoxy groups -OCH3 is 1. The normalized spacial score (nSPS) is 35.8. The van der Waals surface area contributed by atoms with E-state index in [0.29, 0.717) is 11.5 Å². The molecule has 1 saturated heterocycles. The van der Waals surface area contributed by atoms with Crippen LogP contribution in [0.3, 0.4) is 0 Å². The number of rotatable bonds is 4. The second-order valence-electron chi connectivity index (χ2n) is 3.58. The van der Waals surface area contributed by atoms with Crippen LogP contribution in [-0.4, -0.2) is 30.9 Å². The summed E-state index contributed by atoms with van der Waals surface area (Å²) in [6.45, 7) is 3.94. The molecule has 0 amide bonds. The van der Waals surface area contributed by atoms with E-state index < -0.39 is 0 Å². The Balaban J connectivity index is 2.47. The molecule has 0 aromatic rings. The highest BCUT2D eigenvalue weighted by Crippen LogP contribution is 2.36. The van der Waals surface area contributed by atoms with E-state index in [1.54, 1.807) is 7.11 Å². The Hall–Kier alpha value is 0.650. The Kier molecular flexibility index (Phi) is 4.26. The molecule has 1 aliphatic heterocycles. The molecule has 0 aliphatic carbocycles. The molecule has 2 unspecified atom stereocenters. The third-order valence-corrected chi connectivity index (χ3v) is 3.64. The van der Waals surface area contributed by atoms with Crippen LogP contribution in [-0.2, 0) is 9.47 Å². The van der Waals surface area contributed by atoms with Crippen molar-refractivity contribution in [3.05, 3.63) is 0 Å². The molecule has 0 N–H and O–H groups in total. The lowest BCUT2D eigenvalue weighted by Crippen LogP contribution is -2.26.